The maximum absolute atomic E-state index is 12.7. The molecular formula is C20H23ClN2O5S2. The van der Waals surface area contributed by atoms with Crippen LogP contribution in [0.1, 0.15) is 32.1 Å². The molecule has 1 amide bonds. The van der Waals surface area contributed by atoms with E-state index in [9.17, 15) is 21.6 Å². The number of rotatable bonds is 8. The van der Waals surface area contributed by atoms with Gasteiger partial charge in [0, 0.05) is 18.7 Å². The topological polar surface area (TPSA) is 109 Å². The average Bonchev–Trinajstić information content (AvgIpc) is 3.24. The van der Waals surface area contributed by atoms with Crippen LogP contribution in [0.5, 0.6) is 0 Å². The molecule has 2 aromatic carbocycles. The van der Waals surface area contributed by atoms with Crippen molar-refractivity contribution >= 4 is 43.1 Å². The lowest BCUT2D eigenvalue weighted by molar-refractivity contribution is -0.116. The Morgan fingerprint density at radius 1 is 1.00 bits per heavy atom. The molecule has 162 valence electrons. The van der Waals surface area contributed by atoms with Crippen LogP contribution in [0, 0.1) is 0 Å². The monoisotopic (exact) mass is 470 g/mol. The Morgan fingerprint density at radius 3 is 2.40 bits per heavy atom. The third-order valence-electron chi connectivity index (χ3n) is 4.96. The molecule has 0 unspecified atom stereocenters. The summed E-state index contributed by atoms with van der Waals surface area (Å²) in [7, 11) is -7.26. The first-order chi connectivity index (χ1) is 14.2. The van der Waals surface area contributed by atoms with Crippen LogP contribution in [0.25, 0.3) is 0 Å². The zero-order valence-corrected chi connectivity index (χ0v) is 18.6. The van der Waals surface area contributed by atoms with Crippen molar-refractivity contribution in [1.82, 2.24) is 4.72 Å². The summed E-state index contributed by atoms with van der Waals surface area (Å²) in [6.07, 6.45) is 3.01. The highest BCUT2D eigenvalue weighted by Gasteiger charge is 2.30. The first-order valence-electron chi connectivity index (χ1n) is 9.58. The predicted octanol–water partition coefficient (Wildman–Crippen LogP) is 3.36. The van der Waals surface area contributed by atoms with Gasteiger partial charge < -0.3 is 5.32 Å². The largest absolute Gasteiger partial charge is 0.326 e. The Balaban J connectivity index is 1.58. The van der Waals surface area contributed by atoms with Crippen molar-refractivity contribution in [2.45, 2.75) is 47.1 Å². The van der Waals surface area contributed by atoms with Gasteiger partial charge in [0.25, 0.3) is 0 Å². The van der Waals surface area contributed by atoms with Crippen molar-refractivity contribution in [2.24, 2.45) is 0 Å². The van der Waals surface area contributed by atoms with Crippen molar-refractivity contribution < 1.29 is 21.6 Å². The molecular weight excluding hydrogens is 448 g/mol. The third-order valence-corrected chi connectivity index (χ3v) is 9.18. The number of sulfone groups is 1. The van der Waals surface area contributed by atoms with E-state index in [0.29, 0.717) is 18.5 Å². The Morgan fingerprint density at radius 2 is 1.70 bits per heavy atom. The molecule has 0 radical (unpaired) electrons. The predicted molar refractivity (Wildman–Crippen MR) is 116 cm³/mol. The highest BCUT2D eigenvalue weighted by molar-refractivity contribution is 7.92. The van der Waals surface area contributed by atoms with Crippen LogP contribution in [-0.2, 0) is 24.7 Å². The van der Waals surface area contributed by atoms with E-state index in [1.165, 1.54) is 24.3 Å². The average molecular weight is 471 g/mol. The normalized spacial score (nSPS) is 15.2. The van der Waals surface area contributed by atoms with Gasteiger partial charge in [-0.05, 0) is 43.2 Å². The van der Waals surface area contributed by atoms with Gasteiger partial charge in [0.2, 0.25) is 15.9 Å². The van der Waals surface area contributed by atoms with Gasteiger partial charge in [-0.25, -0.2) is 21.6 Å². The molecule has 2 aromatic rings. The molecule has 0 saturated heterocycles. The van der Waals surface area contributed by atoms with Gasteiger partial charge in [0.15, 0.2) is 9.84 Å². The maximum atomic E-state index is 12.7. The molecule has 1 fully saturated rings. The molecule has 2 N–H and O–H groups in total. The molecule has 7 nitrogen and oxygen atoms in total. The van der Waals surface area contributed by atoms with E-state index in [1.54, 1.807) is 24.3 Å². The second-order valence-corrected chi connectivity index (χ2v) is 11.5. The van der Waals surface area contributed by atoms with E-state index in [-0.39, 0.29) is 33.0 Å². The summed E-state index contributed by atoms with van der Waals surface area (Å²) in [6.45, 7) is -0.126. The number of sulfonamides is 1. The minimum Gasteiger partial charge on any atom is -0.326 e. The number of benzene rings is 2. The van der Waals surface area contributed by atoms with Crippen LogP contribution in [-0.4, -0.2) is 34.5 Å². The summed E-state index contributed by atoms with van der Waals surface area (Å²) in [5.74, 6) is -0.438. The first kappa shape index (κ1) is 22.7. The van der Waals surface area contributed by atoms with Gasteiger partial charge in [0.1, 0.15) is 4.90 Å². The summed E-state index contributed by atoms with van der Waals surface area (Å²) in [4.78, 5) is 12.3. The van der Waals surface area contributed by atoms with Gasteiger partial charge in [-0.15, -0.1) is 0 Å². The lowest BCUT2D eigenvalue weighted by Gasteiger charge is -2.13. The smallest absolute Gasteiger partial charge is 0.242 e. The summed E-state index contributed by atoms with van der Waals surface area (Å²) in [5.41, 5.74) is 0.355. The number of carbonyl (C=O) groups excluding carboxylic acids is 1. The highest BCUT2D eigenvalue weighted by Crippen LogP contribution is 2.30. The van der Waals surface area contributed by atoms with Crippen molar-refractivity contribution in [3.63, 3.8) is 0 Å². The SMILES string of the molecule is O=C(CCNS(=O)(=O)c1ccccc1Cl)Nc1cccc(S(=O)(=O)C2CCCC2)c1. The van der Waals surface area contributed by atoms with Crippen LogP contribution in [0.4, 0.5) is 5.69 Å². The van der Waals surface area contributed by atoms with Crippen molar-refractivity contribution in [3.05, 3.63) is 53.6 Å². The minimum atomic E-state index is -3.84. The molecule has 0 spiro atoms. The fourth-order valence-electron chi connectivity index (χ4n) is 3.40. The number of carbonyl (C=O) groups is 1. The summed E-state index contributed by atoms with van der Waals surface area (Å²) >= 11 is 5.91. The molecule has 0 heterocycles. The second-order valence-electron chi connectivity index (χ2n) is 7.11. The van der Waals surface area contributed by atoms with Gasteiger partial charge >= 0.3 is 0 Å². The van der Waals surface area contributed by atoms with Crippen LogP contribution in [0.2, 0.25) is 5.02 Å². The quantitative estimate of drug-likeness (QED) is 0.614. The number of amides is 1. The van der Waals surface area contributed by atoms with E-state index in [1.807, 2.05) is 0 Å². The molecule has 1 aliphatic carbocycles. The Kier molecular flexibility index (Phi) is 7.18. The van der Waals surface area contributed by atoms with Crippen LogP contribution < -0.4 is 10.0 Å². The van der Waals surface area contributed by atoms with Gasteiger partial charge in [-0.2, -0.15) is 0 Å². The van der Waals surface area contributed by atoms with Gasteiger partial charge in [0.05, 0.1) is 15.2 Å². The van der Waals surface area contributed by atoms with E-state index in [0.717, 1.165) is 12.8 Å². The fourth-order valence-corrected chi connectivity index (χ4v) is 6.85. The van der Waals surface area contributed by atoms with Crippen molar-refractivity contribution in [3.8, 4) is 0 Å². The fraction of sp³-hybridized carbons (Fsp3) is 0.350. The number of hydrogen-bond acceptors (Lipinski definition) is 5. The lowest BCUT2D eigenvalue weighted by atomic mass is 10.3. The Hall–Kier alpha value is -1.94. The maximum Gasteiger partial charge on any atom is 0.242 e. The summed E-state index contributed by atoms with van der Waals surface area (Å²) in [5, 5.41) is 2.34. The van der Waals surface area contributed by atoms with E-state index >= 15 is 0 Å². The zero-order valence-electron chi connectivity index (χ0n) is 16.2. The minimum absolute atomic E-state index is 0.0584. The standard InChI is InChI=1S/C20H23ClN2O5S2/c21-18-10-3-4-11-19(18)30(27,28)22-13-12-20(24)23-15-6-5-9-17(14-15)29(25,26)16-7-1-2-8-16/h3-6,9-11,14,16,22H,1-2,7-8,12-13H2,(H,23,24). The molecule has 30 heavy (non-hydrogen) atoms. The highest BCUT2D eigenvalue weighted by atomic mass is 35.5. The molecule has 0 aliphatic heterocycles. The molecule has 10 heteroatoms. The van der Waals surface area contributed by atoms with Crippen LogP contribution in [0.3, 0.4) is 0 Å². The summed E-state index contributed by atoms with van der Waals surface area (Å²) in [6, 6.07) is 12.2. The van der Waals surface area contributed by atoms with E-state index in [4.69, 9.17) is 11.6 Å². The third kappa shape index (κ3) is 5.40. The van der Waals surface area contributed by atoms with Crippen LogP contribution >= 0.6 is 11.6 Å². The Labute approximate surface area is 181 Å². The second kappa shape index (κ2) is 9.47. The van der Waals surface area contributed by atoms with E-state index < -0.39 is 25.8 Å². The molecule has 3 rings (SSSR count). The van der Waals surface area contributed by atoms with E-state index in [2.05, 4.69) is 10.0 Å². The molecule has 1 aliphatic rings. The number of hydrogen-bond donors (Lipinski definition) is 2. The molecule has 0 aromatic heterocycles. The van der Waals surface area contributed by atoms with Crippen molar-refractivity contribution in [1.29, 1.82) is 0 Å². The molecule has 1 saturated carbocycles. The Bertz CT molecular complexity index is 1130. The first-order valence-corrected chi connectivity index (χ1v) is 13.0. The zero-order chi connectivity index (χ0) is 21.8. The number of anilines is 1. The van der Waals surface area contributed by atoms with Gasteiger partial charge in [-0.3, -0.25) is 4.79 Å². The molecule has 0 atom stereocenters. The number of nitrogens with one attached hydrogen (secondary N) is 2. The van der Waals surface area contributed by atoms with Gasteiger partial charge in [-0.1, -0.05) is 42.6 Å². The van der Waals surface area contributed by atoms with Crippen LogP contribution in [0.15, 0.2) is 58.3 Å². The summed E-state index contributed by atoms with van der Waals surface area (Å²) < 4.78 is 52.3. The number of halogens is 1. The lowest BCUT2D eigenvalue weighted by Crippen LogP contribution is -2.28. The van der Waals surface area contributed by atoms with Crippen molar-refractivity contribution in [2.75, 3.05) is 11.9 Å². The molecule has 0 bridgehead atoms.